The van der Waals surface area contributed by atoms with Gasteiger partial charge in [0.15, 0.2) is 0 Å². The molecule has 0 atom stereocenters. The molecule has 0 aromatic carbocycles. The Bertz CT molecular complexity index is 376. The van der Waals surface area contributed by atoms with Crippen molar-refractivity contribution in [1.82, 2.24) is 10.2 Å². The van der Waals surface area contributed by atoms with Crippen molar-refractivity contribution in [2.75, 3.05) is 0 Å². The second kappa shape index (κ2) is 5.65. The van der Waals surface area contributed by atoms with Crippen LogP contribution in [0.25, 0.3) is 0 Å². The van der Waals surface area contributed by atoms with Crippen LogP contribution < -0.4 is 0 Å². The van der Waals surface area contributed by atoms with Gasteiger partial charge in [-0.2, -0.15) is 13.2 Å². The average Bonchev–Trinajstić information content (AvgIpc) is 2.61. The van der Waals surface area contributed by atoms with Gasteiger partial charge in [0.05, 0.1) is 6.42 Å². The zero-order chi connectivity index (χ0) is 12.9. The second-order valence-corrected chi connectivity index (χ2v) is 3.45. The number of alkyl halides is 3. The number of aliphatic carboxylic acids is 1. The smallest absolute Gasteiger partial charge is 0.389 e. The molecule has 17 heavy (non-hydrogen) atoms. The highest BCUT2D eigenvalue weighted by Crippen LogP contribution is 2.21. The van der Waals surface area contributed by atoms with E-state index in [9.17, 15) is 18.0 Å². The number of aromatic nitrogens is 2. The molecule has 0 fully saturated rings. The van der Waals surface area contributed by atoms with Crippen LogP contribution in [0.15, 0.2) is 4.42 Å². The second-order valence-electron chi connectivity index (χ2n) is 3.45. The lowest BCUT2D eigenvalue weighted by Crippen LogP contribution is -2.08. The summed E-state index contributed by atoms with van der Waals surface area (Å²) in [7, 11) is 0. The lowest BCUT2D eigenvalue weighted by Gasteiger charge is -2.01. The fourth-order valence-electron chi connectivity index (χ4n) is 1.13. The summed E-state index contributed by atoms with van der Waals surface area (Å²) >= 11 is 0. The van der Waals surface area contributed by atoms with Crippen molar-refractivity contribution in [1.29, 1.82) is 0 Å². The highest BCUT2D eigenvalue weighted by atomic mass is 19.4. The lowest BCUT2D eigenvalue weighted by atomic mass is 10.2. The molecule has 1 rings (SSSR count). The van der Waals surface area contributed by atoms with Crippen LogP contribution in [-0.2, 0) is 17.6 Å². The Balaban J connectivity index is 2.35. The number of halogens is 3. The molecule has 0 saturated heterocycles. The minimum atomic E-state index is -4.25. The molecule has 0 unspecified atom stereocenters. The Morgan fingerprint density at radius 2 is 1.82 bits per heavy atom. The lowest BCUT2D eigenvalue weighted by molar-refractivity contribution is -0.137. The maximum atomic E-state index is 11.9. The number of carboxylic acid groups (broad SMARTS) is 1. The number of carboxylic acids is 1. The normalized spacial score (nSPS) is 11.7. The van der Waals surface area contributed by atoms with Crippen LogP contribution in [0.5, 0.6) is 0 Å². The molecule has 1 aromatic heterocycles. The third-order valence-corrected chi connectivity index (χ3v) is 1.91. The van der Waals surface area contributed by atoms with Gasteiger partial charge in [0, 0.05) is 19.3 Å². The van der Waals surface area contributed by atoms with Crippen molar-refractivity contribution in [2.45, 2.75) is 38.3 Å². The maximum absolute atomic E-state index is 11.9. The summed E-state index contributed by atoms with van der Waals surface area (Å²) in [6.07, 6.45) is -5.08. The zero-order valence-electron chi connectivity index (χ0n) is 8.83. The van der Waals surface area contributed by atoms with Crippen molar-refractivity contribution in [3.8, 4) is 0 Å². The van der Waals surface area contributed by atoms with Crippen LogP contribution in [-0.4, -0.2) is 27.4 Å². The highest BCUT2D eigenvalue weighted by Gasteiger charge is 2.27. The maximum Gasteiger partial charge on any atom is 0.389 e. The molecule has 1 N–H and O–H groups in total. The largest absolute Gasteiger partial charge is 0.481 e. The summed E-state index contributed by atoms with van der Waals surface area (Å²) in [6, 6.07) is 0. The Morgan fingerprint density at radius 3 is 2.35 bits per heavy atom. The average molecular weight is 252 g/mol. The molecule has 0 amide bonds. The van der Waals surface area contributed by atoms with E-state index in [2.05, 4.69) is 10.2 Å². The van der Waals surface area contributed by atoms with Crippen LogP contribution in [0, 0.1) is 0 Å². The SMILES string of the molecule is O=C(O)CCCc1nnc(CCC(F)(F)F)o1. The highest BCUT2D eigenvalue weighted by molar-refractivity contribution is 5.66. The summed E-state index contributed by atoms with van der Waals surface area (Å²) in [5, 5.41) is 15.4. The number of hydrogen-bond donors (Lipinski definition) is 1. The van der Waals surface area contributed by atoms with E-state index in [1.165, 1.54) is 0 Å². The molecule has 5 nitrogen and oxygen atoms in total. The Labute approximate surface area is 94.6 Å². The van der Waals surface area contributed by atoms with E-state index in [0.717, 1.165) is 0 Å². The molecule has 0 spiro atoms. The van der Waals surface area contributed by atoms with E-state index in [4.69, 9.17) is 9.52 Å². The summed E-state index contributed by atoms with van der Waals surface area (Å²) in [6.45, 7) is 0. The van der Waals surface area contributed by atoms with E-state index in [1.54, 1.807) is 0 Å². The molecule has 96 valence electrons. The van der Waals surface area contributed by atoms with Crippen molar-refractivity contribution < 1.29 is 27.5 Å². The minimum Gasteiger partial charge on any atom is -0.481 e. The third kappa shape index (κ3) is 5.88. The molecule has 0 saturated carbocycles. The quantitative estimate of drug-likeness (QED) is 0.837. The van der Waals surface area contributed by atoms with Gasteiger partial charge in [0.25, 0.3) is 0 Å². The predicted octanol–water partition coefficient (Wildman–Crippen LogP) is 1.97. The van der Waals surface area contributed by atoms with Gasteiger partial charge in [-0.15, -0.1) is 10.2 Å². The van der Waals surface area contributed by atoms with Gasteiger partial charge in [0.2, 0.25) is 11.8 Å². The Kier molecular flexibility index (Phi) is 4.47. The fourth-order valence-corrected chi connectivity index (χ4v) is 1.13. The van der Waals surface area contributed by atoms with Crippen LogP contribution in [0.4, 0.5) is 13.2 Å². The molecule has 0 bridgehead atoms. The molecule has 0 aliphatic carbocycles. The van der Waals surface area contributed by atoms with E-state index in [-0.39, 0.29) is 31.0 Å². The first kappa shape index (κ1) is 13.5. The van der Waals surface area contributed by atoms with E-state index in [1.807, 2.05) is 0 Å². The van der Waals surface area contributed by atoms with Crippen molar-refractivity contribution in [2.24, 2.45) is 0 Å². The molecule has 0 radical (unpaired) electrons. The molecule has 1 heterocycles. The van der Waals surface area contributed by atoms with E-state index < -0.39 is 18.6 Å². The van der Waals surface area contributed by atoms with Crippen molar-refractivity contribution >= 4 is 5.97 Å². The van der Waals surface area contributed by atoms with Gasteiger partial charge in [0.1, 0.15) is 0 Å². The third-order valence-electron chi connectivity index (χ3n) is 1.91. The number of carbonyl (C=O) groups is 1. The topological polar surface area (TPSA) is 76.2 Å². The standard InChI is InChI=1S/C9H11F3N2O3/c10-9(11,12)5-4-7-14-13-6(17-7)2-1-3-8(15)16/h1-5H2,(H,15,16). The first-order valence-electron chi connectivity index (χ1n) is 4.96. The zero-order valence-corrected chi connectivity index (χ0v) is 8.83. The molecule has 8 heteroatoms. The Morgan fingerprint density at radius 1 is 1.24 bits per heavy atom. The predicted molar refractivity (Wildman–Crippen MR) is 49.2 cm³/mol. The minimum absolute atomic E-state index is 0.0414. The van der Waals surface area contributed by atoms with E-state index in [0.29, 0.717) is 6.42 Å². The number of hydrogen-bond acceptors (Lipinski definition) is 4. The van der Waals surface area contributed by atoms with Gasteiger partial charge < -0.3 is 9.52 Å². The molecular formula is C9H11F3N2O3. The van der Waals surface area contributed by atoms with Crippen LogP contribution >= 0.6 is 0 Å². The summed E-state index contributed by atoms with van der Waals surface area (Å²) < 4.78 is 40.6. The molecule has 0 aliphatic heterocycles. The summed E-state index contributed by atoms with van der Waals surface area (Å²) in [5.41, 5.74) is 0. The summed E-state index contributed by atoms with van der Waals surface area (Å²) in [4.78, 5) is 10.2. The first-order valence-corrected chi connectivity index (χ1v) is 4.96. The van der Waals surface area contributed by atoms with Crippen LogP contribution in [0.1, 0.15) is 31.0 Å². The van der Waals surface area contributed by atoms with Gasteiger partial charge in [-0.05, 0) is 6.42 Å². The number of nitrogens with zero attached hydrogens (tertiary/aromatic N) is 2. The van der Waals surface area contributed by atoms with Gasteiger partial charge in [-0.25, -0.2) is 0 Å². The van der Waals surface area contributed by atoms with Gasteiger partial charge in [-0.3, -0.25) is 4.79 Å². The fraction of sp³-hybridized carbons (Fsp3) is 0.667. The molecular weight excluding hydrogens is 241 g/mol. The number of rotatable bonds is 6. The van der Waals surface area contributed by atoms with Crippen LogP contribution in [0.3, 0.4) is 0 Å². The van der Waals surface area contributed by atoms with Gasteiger partial charge >= 0.3 is 12.1 Å². The van der Waals surface area contributed by atoms with Gasteiger partial charge in [-0.1, -0.05) is 0 Å². The number of aryl methyl sites for hydroxylation is 2. The summed E-state index contributed by atoms with van der Waals surface area (Å²) in [5.74, 6) is -0.849. The monoisotopic (exact) mass is 252 g/mol. The molecule has 0 aliphatic rings. The van der Waals surface area contributed by atoms with Crippen LogP contribution in [0.2, 0.25) is 0 Å². The van der Waals surface area contributed by atoms with E-state index >= 15 is 0 Å². The molecule has 1 aromatic rings. The van der Waals surface area contributed by atoms with Crippen molar-refractivity contribution in [3.63, 3.8) is 0 Å². The van der Waals surface area contributed by atoms with Crippen molar-refractivity contribution in [3.05, 3.63) is 11.8 Å². The Hall–Kier alpha value is -1.60. The first-order chi connectivity index (χ1) is 7.87.